The van der Waals surface area contributed by atoms with Gasteiger partial charge in [0.15, 0.2) is 0 Å². The van der Waals surface area contributed by atoms with Gasteiger partial charge in [0.25, 0.3) is 10.0 Å². The van der Waals surface area contributed by atoms with Crippen LogP contribution in [0.15, 0.2) is 23.4 Å². The molecule has 0 aliphatic heterocycles. The van der Waals surface area contributed by atoms with Crippen molar-refractivity contribution in [1.82, 2.24) is 14.8 Å². The minimum absolute atomic E-state index is 0.0326. The predicted octanol–water partition coefficient (Wildman–Crippen LogP) is 2.30. The Kier molecular flexibility index (Phi) is 6.69. The van der Waals surface area contributed by atoms with E-state index >= 15 is 0 Å². The number of halogens is 2. The van der Waals surface area contributed by atoms with Gasteiger partial charge in [0.05, 0.1) is 10.7 Å². The molecule has 0 aliphatic rings. The third kappa shape index (κ3) is 4.98. The fraction of sp³-hybridized carbons (Fsp3) is 0.333. The number of hydrogen-bond donors (Lipinski definition) is 4. The molecule has 0 atom stereocenters. The third-order valence-electron chi connectivity index (χ3n) is 2.92. The Morgan fingerprint density at radius 2 is 2.04 bits per heavy atom. The van der Waals surface area contributed by atoms with Crippen molar-refractivity contribution in [2.24, 2.45) is 0 Å². The van der Waals surface area contributed by atoms with Crippen LogP contribution in [0.2, 0.25) is 5.02 Å². The van der Waals surface area contributed by atoms with E-state index in [1.54, 1.807) is 0 Å². The zero-order valence-electron chi connectivity index (χ0n) is 12.3. The zero-order valence-corrected chi connectivity index (χ0v) is 14.7. The highest BCUT2D eigenvalue weighted by Gasteiger charge is 2.22. The number of sulfonamides is 1. The second kappa shape index (κ2) is 8.53. The largest absolute Gasteiger partial charge is 0.384 e. The maximum atomic E-state index is 14.2. The minimum atomic E-state index is -4.15. The molecule has 0 radical (unpaired) electrons. The van der Waals surface area contributed by atoms with Crippen LogP contribution in [-0.4, -0.2) is 36.1 Å². The van der Waals surface area contributed by atoms with Crippen LogP contribution in [0.3, 0.4) is 0 Å². The molecule has 0 unspecified atom stereocenters. The summed E-state index contributed by atoms with van der Waals surface area (Å²) in [5.74, 6) is -0.934. The van der Waals surface area contributed by atoms with Crippen LogP contribution in [0.4, 0.5) is 15.2 Å². The number of benzene rings is 1. The van der Waals surface area contributed by atoms with E-state index in [-0.39, 0.29) is 10.2 Å². The summed E-state index contributed by atoms with van der Waals surface area (Å²) < 4.78 is 44.4. The first-order chi connectivity index (χ1) is 11.4. The summed E-state index contributed by atoms with van der Waals surface area (Å²) in [7, 11) is -4.15. The SMILES string of the molecule is O=S(=O)(Nc1ncns1)c1cc(Cl)c(NCCCCNO)cc1F. The number of nitrogens with zero attached hydrogens (tertiary/aromatic N) is 2. The fourth-order valence-electron chi connectivity index (χ4n) is 1.81. The lowest BCUT2D eigenvalue weighted by Crippen LogP contribution is -2.15. The highest BCUT2D eigenvalue weighted by atomic mass is 35.5. The Balaban J connectivity index is 2.11. The molecular weight excluding hydrogens is 381 g/mol. The summed E-state index contributed by atoms with van der Waals surface area (Å²) in [6, 6.07) is 2.07. The Morgan fingerprint density at radius 3 is 2.71 bits per heavy atom. The maximum absolute atomic E-state index is 14.2. The van der Waals surface area contributed by atoms with Crippen molar-refractivity contribution in [3.05, 3.63) is 29.3 Å². The van der Waals surface area contributed by atoms with Gasteiger partial charge in [-0.1, -0.05) is 11.6 Å². The lowest BCUT2D eigenvalue weighted by molar-refractivity contribution is 0.165. The van der Waals surface area contributed by atoms with Crippen LogP contribution in [0.1, 0.15) is 12.8 Å². The molecule has 2 aromatic rings. The smallest absolute Gasteiger partial charge is 0.266 e. The number of hydroxylamine groups is 1. The summed E-state index contributed by atoms with van der Waals surface area (Å²) in [6.45, 7) is 0.939. The fourth-order valence-corrected chi connectivity index (χ4v) is 3.85. The standard InChI is InChI=1S/C12H15ClFN5O3S2/c13-8-5-11(24(21,22)19-12-16-7-18-23-12)9(14)6-10(8)15-3-1-2-4-17-20/h5-7,15,17,20H,1-4H2,(H,16,18,19). The lowest BCUT2D eigenvalue weighted by atomic mass is 10.2. The number of nitrogens with one attached hydrogen (secondary N) is 3. The van der Waals surface area contributed by atoms with Crippen molar-refractivity contribution < 1.29 is 18.0 Å². The van der Waals surface area contributed by atoms with Gasteiger partial charge >= 0.3 is 0 Å². The number of hydrogen-bond acceptors (Lipinski definition) is 8. The van der Waals surface area contributed by atoms with Crippen LogP contribution >= 0.6 is 23.1 Å². The Labute approximate surface area is 147 Å². The summed E-state index contributed by atoms with van der Waals surface area (Å²) >= 11 is 6.86. The molecule has 0 spiro atoms. The number of anilines is 2. The number of rotatable bonds is 9. The first-order valence-corrected chi connectivity index (χ1v) is 9.47. The molecule has 12 heteroatoms. The second-order valence-electron chi connectivity index (χ2n) is 4.66. The van der Waals surface area contributed by atoms with Crippen molar-refractivity contribution in [3.63, 3.8) is 0 Å². The van der Waals surface area contributed by atoms with E-state index in [1.807, 2.05) is 5.48 Å². The van der Waals surface area contributed by atoms with Crippen LogP contribution in [-0.2, 0) is 10.0 Å². The first kappa shape index (κ1) is 18.8. The zero-order chi connectivity index (χ0) is 17.6. The summed E-state index contributed by atoms with van der Waals surface area (Å²) in [5.41, 5.74) is 2.33. The average Bonchev–Trinajstić information content (AvgIpc) is 3.02. The van der Waals surface area contributed by atoms with E-state index in [1.165, 1.54) is 6.33 Å². The van der Waals surface area contributed by atoms with Crippen LogP contribution in [0, 0.1) is 5.82 Å². The summed E-state index contributed by atoms with van der Waals surface area (Å²) in [4.78, 5) is 3.12. The molecule has 1 heterocycles. The molecule has 0 saturated carbocycles. The number of unbranched alkanes of at least 4 members (excludes halogenated alkanes) is 1. The molecule has 0 amide bonds. The average molecular weight is 396 g/mol. The van der Waals surface area contributed by atoms with Crippen molar-refractivity contribution in [2.45, 2.75) is 17.7 Å². The molecule has 24 heavy (non-hydrogen) atoms. The molecule has 1 aromatic carbocycles. The quantitative estimate of drug-likeness (QED) is 0.380. The van der Waals surface area contributed by atoms with Gasteiger partial charge in [0, 0.05) is 24.6 Å². The molecule has 2 rings (SSSR count). The molecule has 0 saturated heterocycles. The van der Waals surface area contributed by atoms with Crippen LogP contribution < -0.4 is 15.5 Å². The third-order valence-corrected chi connectivity index (χ3v) is 5.30. The minimum Gasteiger partial charge on any atom is -0.384 e. The number of aromatic nitrogens is 2. The van der Waals surface area contributed by atoms with Crippen LogP contribution in [0.5, 0.6) is 0 Å². The van der Waals surface area contributed by atoms with E-state index < -0.39 is 20.7 Å². The van der Waals surface area contributed by atoms with Crippen molar-refractivity contribution in [2.75, 3.05) is 23.1 Å². The van der Waals surface area contributed by atoms with Gasteiger partial charge in [-0.15, -0.1) is 0 Å². The van der Waals surface area contributed by atoms with Crippen molar-refractivity contribution >= 4 is 44.0 Å². The monoisotopic (exact) mass is 395 g/mol. The first-order valence-electron chi connectivity index (χ1n) is 6.83. The normalized spacial score (nSPS) is 11.5. The Morgan fingerprint density at radius 1 is 1.29 bits per heavy atom. The summed E-state index contributed by atoms with van der Waals surface area (Å²) in [5, 5.41) is 11.5. The van der Waals surface area contributed by atoms with Crippen molar-refractivity contribution in [1.29, 1.82) is 0 Å². The molecule has 0 aliphatic carbocycles. The second-order valence-corrected chi connectivity index (χ2v) is 7.49. The van der Waals surface area contributed by atoms with Gasteiger partial charge in [-0.2, -0.15) is 4.37 Å². The highest BCUT2D eigenvalue weighted by molar-refractivity contribution is 7.93. The highest BCUT2D eigenvalue weighted by Crippen LogP contribution is 2.29. The van der Waals surface area contributed by atoms with Gasteiger partial charge in [-0.25, -0.2) is 23.3 Å². The van der Waals surface area contributed by atoms with Gasteiger partial charge in [-0.3, -0.25) is 4.72 Å². The van der Waals surface area contributed by atoms with E-state index in [0.29, 0.717) is 31.6 Å². The topological polar surface area (TPSA) is 116 Å². The Hall–Kier alpha value is -1.53. The van der Waals surface area contributed by atoms with Gasteiger partial charge < -0.3 is 10.5 Å². The maximum Gasteiger partial charge on any atom is 0.266 e. The van der Waals surface area contributed by atoms with E-state index in [9.17, 15) is 12.8 Å². The predicted molar refractivity (Wildman–Crippen MR) is 89.6 cm³/mol. The van der Waals surface area contributed by atoms with E-state index in [0.717, 1.165) is 23.7 Å². The molecule has 132 valence electrons. The van der Waals surface area contributed by atoms with Gasteiger partial charge in [0.1, 0.15) is 17.0 Å². The van der Waals surface area contributed by atoms with Gasteiger partial charge in [0.2, 0.25) is 5.13 Å². The van der Waals surface area contributed by atoms with E-state index in [4.69, 9.17) is 16.8 Å². The molecule has 4 N–H and O–H groups in total. The summed E-state index contributed by atoms with van der Waals surface area (Å²) in [6.07, 6.45) is 2.61. The molecule has 0 bridgehead atoms. The van der Waals surface area contributed by atoms with Crippen LogP contribution in [0.25, 0.3) is 0 Å². The molecule has 0 fully saturated rings. The van der Waals surface area contributed by atoms with Gasteiger partial charge in [-0.05, 0) is 25.0 Å². The molecule has 1 aromatic heterocycles. The molecule has 8 nitrogen and oxygen atoms in total. The Bertz CT molecular complexity index is 773. The van der Waals surface area contributed by atoms with Crippen molar-refractivity contribution in [3.8, 4) is 0 Å². The molecular formula is C12H15ClFN5O3S2. The lowest BCUT2D eigenvalue weighted by Gasteiger charge is -2.12. The van der Waals surface area contributed by atoms with E-state index in [2.05, 4.69) is 19.4 Å².